The number of ether oxygens (including phenoxy) is 2. The number of carbonyl (C=O) groups is 2. The SMILES string of the molecule is Cc1ccc2c(c1)SC(C(=O)OCCCN1CCN(c3ccccc3)CC1)C(=O)C(C)O2. The van der Waals surface area contributed by atoms with Gasteiger partial charge < -0.3 is 14.4 Å². The van der Waals surface area contributed by atoms with Crippen LogP contribution in [0.25, 0.3) is 0 Å². The minimum Gasteiger partial charge on any atom is -0.482 e. The number of hydrogen-bond acceptors (Lipinski definition) is 7. The number of carbonyl (C=O) groups excluding carboxylic acids is 2. The third-order valence-corrected chi connectivity index (χ3v) is 7.11. The first kappa shape index (κ1) is 22.7. The van der Waals surface area contributed by atoms with Gasteiger partial charge in [0.2, 0.25) is 0 Å². The van der Waals surface area contributed by atoms with Gasteiger partial charge in [0.15, 0.2) is 17.1 Å². The maximum Gasteiger partial charge on any atom is 0.327 e. The predicted octanol–water partition coefficient (Wildman–Crippen LogP) is 3.56. The van der Waals surface area contributed by atoms with Crippen LogP contribution in [0, 0.1) is 6.92 Å². The molecular formula is C25H30N2O4S. The zero-order valence-electron chi connectivity index (χ0n) is 18.7. The van der Waals surface area contributed by atoms with Crippen LogP contribution in [-0.2, 0) is 14.3 Å². The van der Waals surface area contributed by atoms with Crippen molar-refractivity contribution in [3.63, 3.8) is 0 Å². The summed E-state index contributed by atoms with van der Waals surface area (Å²) in [4.78, 5) is 31.0. The van der Waals surface area contributed by atoms with E-state index in [9.17, 15) is 9.59 Å². The van der Waals surface area contributed by atoms with E-state index in [2.05, 4.69) is 34.1 Å². The Kier molecular flexibility index (Phi) is 7.37. The lowest BCUT2D eigenvalue weighted by atomic mass is 10.2. The number of Topliss-reactive ketones (excluding diaryl/α,β-unsaturated/α-hetero) is 1. The maximum absolute atomic E-state index is 12.7. The molecule has 0 aromatic heterocycles. The fourth-order valence-electron chi connectivity index (χ4n) is 4.02. The highest BCUT2D eigenvalue weighted by Gasteiger charge is 2.37. The van der Waals surface area contributed by atoms with E-state index in [4.69, 9.17) is 9.47 Å². The van der Waals surface area contributed by atoms with Gasteiger partial charge in [-0.3, -0.25) is 14.5 Å². The lowest BCUT2D eigenvalue weighted by Crippen LogP contribution is -2.46. The number of benzene rings is 2. The van der Waals surface area contributed by atoms with Gasteiger partial charge in [0, 0.05) is 38.4 Å². The van der Waals surface area contributed by atoms with Crippen molar-refractivity contribution >= 4 is 29.2 Å². The first-order valence-electron chi connectivity index (χ1n) is 11.2. The number of anilines is 1. The number of piperazine rings is 1. The van der Waals surface area contributed by atoms with E-state index in [0.29, 0.717) is 12.4 Å². The monoisotopic (exact) mass is 454 g/mol. The fraction of sp³-hybridized carbons (Fsp3) is 0.440. The number of rotatable bonds is 6. The molecule has 2 aromatic rings. The number of para-hydroxylation sites is 1. The molecule has 0 amide bonds. The number of thioether (sulfide) groups is 1. The molecule has 0 N–H and O–H groups in total. The van der Waals surface area contributed by atoms with E-state index in [1.165, 1.54) is 17.4 Å². The highest BCUT2D eigenvalue weighted by molar-refractivity contribution is 8.01. The molecule has 170 valence electrons. The molecule has 2 aliphatic heterocycles. The normalized spacial score (nSPS) is 21.4. The second-order valence-electron chi connectivity index (χ2n) is 8.30. The molecule has 1 fully saturated rings. The first-order chi connectivity index (χ1) is 15.5. The molecule has 6 nitrogen and oxygen atoms in total. The molecule has 0 aliphatic carbocycles. The predicted molar refractivity (Wildman–Crippen MR) is 127 cm³/mol. The van der Waals surface area contributed by atoms with Crippen LogP contribution in [0.5, 0.6) is 5.75 Å². The lowest BCUT2D eigenvalue weighted by molar-refractivity contribution is -0.146. The van der Waals surface area contributed by atoms with Gasteiger partial charge in [0.1, 0.15) is 5.75 Å². The molecule has 2 atom stereocenters. The number of hydrogen-bond donors (Lipinski definition) is 0. The van der Waals surface area contributed by atoms with E-state index in [0.717, 1.165) is 49.6 Å². The third-order valence-electron chi connectivity index (χ3n) is 5.88. The molecule has 7 heteroatoms. The van der Waals surface area contributed by atoms with Crippen LogP contribution >= 0.6 is 11.8 Å². The van der Waals surface area contributed by atoms with Gasteiger partial charge >= 0.3 is 5.97 Å². The van der Waals surface area contributed by atoms with Crippen LogP contribution < -0.4 is 9.64 Å². The molecule has 0 bridgehead atoms. The van der Waals surface area contributed by atoms with E-state index in [1.807, 2.05) is 31.2 Å². The quantitative estimate of drug-likeness (QED) is 0.376. The zero-order valence-corrected chi connectivity index (χ0v) is 19.5. The summed E-state index contributed by atoms with van der Waals surface area (Å²) in [7, 11) is 0. The first-order valence-corrected chi connectivity index (χ1v) is 12.1. The van der Waals surface area contributed by atoms with Crippen LogP contribution in [0.4, 0.5) is 5.69 Å². The van der Waals surface area contributed by atoms with Gasteiger partial charge in [0.05, 0.1) is 11.5 Å². The topological polar surface area (TPSA) is 59.1 Å². The smallest absolute Gasteiger partial charge is 0.327 e. The van der Waals surface area contributed by atoms with Crippen molar-refractivity contribution in [2.24, 2.45) is 0 Å². The Morgan fingerprint density at radius 2 is 1.88 bits per heavy atom. The summed E-state index contributed by atoms with van der Waals surface area (Å²) in [6.45, 7) is 8.83. The zero-order chi connectivity index (χ0) is 22.5. The molecule has 0 radical (unpaired) electrons. The summed E-state index contributed by atoms with van der Waals surface area (Å²) in [5.74, 6) is -0.0732. The van der Waals surface area contributed by atoms with Gasteiger partial charge in [-0.25, -0.2) is 0 Å². The van der Waals surface area contributed by atoms with E-state index in [1.54, 1.807) is 6.92 Å². The molecule has 0 spiro atoms. The van der Waals surface area contributed by atoms with Gasteiger partial charge in [-0.1, -0.05) is 36.0 Å². The number of nitrogens with zero attached hydrogens (tertiary/aromatic N) is 2. The van der Waals surface area contributed by atoms with Crippen LogP contribution in [0.2, 0.25) is 0 Å². The van der Waals surface area contributed by atoms with Gasteiger partial charge in [-0.15, -0.1) is 0 Å². The van der Waals surface area contributed by atoms with Crippen molar-refractivity contribution in [3.8, 4) is 5.75 Å². The molecule has 2 heterocycles. The highest BCUT2D eigenvalue weighted by Crippen LogP contribution is 2.38. The summed E-state index contributed by atoms with van der Waals surface area (Å²) in [6.07, 6.45) is 0.0784. The average Bonchev–Trinajstić information content (AvgIpc) is 2.93. The second-order valence-corrected chi connectivity index (χ2v) is 9.44. The second kappa shape index (κ2) is 10.4. The van der Waals surface area contributed by atoms with Crippen LogP contribution in [0.15, 0.2) is 53.4 Å². The summed E-state index contributed by atoms with van der Waals surface area (Å²) >= 11 is 1.23. The van der Waals surface area contributed by atoms with E-state index < -0.39 is 17.3 Å². The molecule has 0 saturated carbocycles. The number of aryl methyl sites for hydroxylation is 1. The minimum atomic E-state index is -0.887. The molecule has 2 aromatic carbocycles. The summed E-state index contributed by atoms with van der Waals surface area (Å²) in [5.41, 5.74) is 2.32. The van der Waals surface area contributed by atoms with Gasteiger partial charge in [0.25, 0.3) is 0 Å². The highest BCUT2D eigenvalue weighted by atomic mass is 32.2. The molecule has 2 aliphatic rings. The van der Waals surface area contributed by atoms with Crippen molar-refractivity contribution in [1.82, 2.24) is 4.90 Å². The van der Waals surface area contributed by atoms with Gasteiger partial charge in [-0.2, -0.15) is 0 Å². The lowest BCUT2D eigenvalue weighted by Gasteiger charge is -2.36. The van der Waals surface area contributed by atoms with Gasteiger partial charge in [-0.05, 0) is 50.1 Å². The van der Waals surface area contributed by atoms with E-state index >= 15 is 0 Å². The minimum absolute atomic E-state index is 0.245. The molecule has 2 unspecified atom stereocenters. The molecular weight excluding hydrogens is 424 g/mol. The Balaban J connectivity index is 1.23. The van der Waals surface area contributed by atoms with Crippen molar-refractivity contribution in [2.45, 2.75) is 36.5 Å². The third kappa shape index (κ3) is 5.45. The Hall–Kier alpha value is -2.51. The van der Waals surface area contributed by atoms with Crippen molar-refractivity contribution in [2.75, 3.05) is 44.2 Å². The number of ketones is 1. The van der Waals surface area contributed by atoms with E-state index in [-0.39, 0.29) is 5.78 Å². The Bertz CT molecular complexity index is 944. The molecule has 32 heavy (non-hydrogen) atoms. The van der Waals surface area contributed by atoms with Crippen molar-refractivity contribution in [1.29, 1.82) is 0 Å². The van der Waals surface area contributed by atoms with Crippen LogP contribution in [-0.4, -0.2) is 67.3 Å². The molecule has 1 saturated heterocycles. The Morgan fingerprint density at radius 1 is 1.12 bits per heavy atom. The Labute approximate surface area is 193 Å². The summed E-state index contributed by atoms with van der Waals surface area (Å²) in [6, 6.07) is 16.2. The van der Waals surface area contributed by atoms with Crippen molar-refractivity contribution < 1.29 is 19.1 Å². The van der Waals surface area contributed by atoms with Crippen LogP contribution in [0.1, 0.15) is 18.9 Å². The molecule has 4 rings (SSSR count). The standard InChI is InChI=1S/C25H30N2O4S/c1-18-9-10-21-22(17-18)32-24(23(28)19(2)31-21)25(29)30-16-6-11-26-12-14-27(15-13-26)20-7-4-3-5-8-20/h3-5,7-10,17,19,24H,6,11-16H2,1-2H3. The summed E-state index contributed by atoms with van der Waals surface area (Å²) < 4.78 is 11.3. The largest absolute Gasteiger partial charge is 0.482 e. The fourth-order valence-corrected chi connectivity index (χ4v) is 5.23. The Morgan fingerprint density at radius 3 is 2.62 bits per heavy atom. The maximum atomic E-state index is 12.7. The number of esters is 1. The average molecular weight is 455 g/mol. The summed E-state index contributed by atoms with van der Waals surface area (Å²) in [5, 5.41) is -0.887. The van der Waals surface area contributed by atoms with Crippen molar-refractivity contribution in [3.05, 3.63) is 54.1 Å². The van der Waals surface area contributed by atoms with Crippen LogP contribution in [0.3, 0.4) is 0 Å². The number of fused-ring (bicyclic) bond motifs is 1.